The number of imidazole rings is 1. The number of benzene rings is 1. The number of nitrogens with zero attached hydrogens (tertiary/aromatic N) is 3. The van der Waals surface area contributed by atoms with Crippen LogP contribution in [0.15, 0.2) is 36.5 Å². The summed E-state index contributed by atoms with van der Waals surface area (Å²) in [5, 5.41) is 1.06. The van der Waals surface area contributed by atoms with Gasteiger partial charge in [0.25, 0.3) is 0 Å². The molecule has 2 aromatic heterocycles. The second kappa shape index (κ2) is 4.67. The molecule has 0 fully saturated rings. The van der Waals surface area contributed by atoms with Crippen molar-refractivity contribution < 1.29 is 0 Å². The van der Waals surface area contributed by atoms with Crippen LogP contribution in [-0.2, 0) is 0 Å². The van der Waals surface area contributed by atoms with Crippen LogP contribution in [0, 0.1) is 0 Å². The smallest absolute Gasteiger partial charge is 0.235 e. The minimum atomic E-state index is 0.718. The average molecular weight is 291 g/mol. The van der Waals surface area contributed by atoms with Crippen LogP contribution >= 0.6 is 27.7 Å². The summed E-state index contributed by atoms with van der Waals surface area (Å²) in [5.74, 6) is 0.718. The van der Waals surface area contributed by atoms with Gasteiger partial charge in [-0.1, -0.05) is 48.8 Å². The normalized spacial score (nSPS) is 11.1. The maximum atomic E-state index is 4.56. The van der Waals surface area contributed by atoms with Gasteiger partial charge in [-0.15, -0.1) is 9.24 Å². The molecule has 90 valence electrons. The average Bonchev–Trinajstić information content (AvgIpc) is 2.81. The van der Waals surface area contributed by atoms with Crippen LogP contribution in [0.4, 0.5) is 0 Å². The van der Waals surface area contributed by atoms with Crippen molar-refractivity contribution in [2.24, 2.45) is 0 Å². The second-order valence-corrected chi connectivity index (χ2v) is 5.63. The van der Waals surface area contributed by atoms with Crippen LogP contribution in [0.1, 0.15) is 0 Å². The van der Waals surface area contributed by atoms with Crippen molar-refractivity contribution in [2.75, 3.05) is 0 Å². The van der Waals surface area contributed by atoms with E-state index in [9.17, 15) is 0 Å². The summed E-state index contributed by atoms with van der Waals surface area (Å²) in [6.45, 7) is 0. The van der Waals surface area contributed by atoms with Gasteiger partial charge in [-0.05, 0) is 0 Å². The SMILES string of the molecule is Pc1nc2nc(-c3ccccc3)cn2c(P)c1P. The molecule has 0 spiro atoms. The van der Waals surface area contributed by atoms with E-state index in [1.165, 1.54) is 0 Å². The number of aromatic nitrogens is 3. The van der Waals surface area contributed by atoms with Gasteiger partial charge in [-0.3, -0.25) is 4.40 Å². The monoisotopic (exact) mass is 291 g/mol. The molecule has 0 aliphatic heterocycles. The van der Waals surface area contributed by atoms with Crippen molar-refractivity contribution in [1.29, 1.82) is 0 Å². The van der Waals surface area contributed by atoms with E-state index in [2.05, 4.69) is 37.7 Å². The van der Waals surface area contributed by atoms with Gasteiger partial charge in [0, 0.05) is 17.1 Å². The first-order chi connectivity index (χ1) is 8.66. The second-order valence-electron chi connectivity index (χ2n) is 3.96. The molecule has 3 rings (SSSR count). The van der Waals surface area contributed by atoms with Crippen molar-refractivity contribution in [2.45, 2.75) is 0 Å². The van der Waals surface area contributed by atoms with Gasteiger partial charge in [0.2, 0.25) is 5.78 Å². The van der Waals surface area contributed by atoms with Gasteiger partial charge in [0.05, 0.1) is 16.6 Å². The van der Waals surface area contributed by atoms with E-state index in [0.29, 0.717) is 0 Å². The highest BCUT2D eigenvalue weighted by molar-refractivity contribution is 7.40. The van der Waals surface area contributed by atoms with Gasteiger partial charge < -0.3 is 0 Å². The van der Waals surface area contributed by atoms with Crippen molar-refractivity contribution >= 4 is 49.7 Å². The standard InChI is InChI=1S/C12H12N3P3/c16-9-10(17)14-12-13-8(6-15(12)11(9)18)7-4-2-1-3-5-7/h1-6H,16-18H2. The van der Waals surface area contributed by atoms with Crippen LogP contribution in [-0.4, -0.2) is 14.4 Å². The molecule has 3 aromatic rings. The highest BCUT2D eigenvalue weighted by atomic mass is 31.0. The van der Waals surface area contributed by atoms with Crippen LogP contribution in [0.3, 0.4) is 0 Å². The van der Waals surface area contributed by atoms with Gasteiger partial charge in [-0.25, -0.2) is 9.97 Å². The lowest BCUT2D eigenvalue weighted by Gasteiger charge is -2.04. The highest BCUT2D eigenvalue weighted by Crippen LogP contribution is 2.17. The molecule has 0 saturated carbocycles. The van der Waals surface area contributed by atoms with Gasteiger partial charge in [0.1, 0.15) is 0 Å². The predicted octanol–water partition coefficient (Wildman–Crippen LogP) is 0.897. The Bertz CT molecular complexity index is 722. The first-order valence-electron chi connectivity index (χ1n) is 5.42. The van der Waals surface area contributed by atoms with Crippen molar-refractivity contribution in [1.82, 2.24) is 14.4 Å². The summed E-state index contributed by atoms with van der Waals surface area (Å²) < 4.78 is 1.99. The third kappa shape index (κ3) is 1.97. The van der Waals surface area contributed by atoms with Crippen LogP contribution in [0.2, 0.25) is 0 Å². The molecule has 6 heteroatoms. The lowest BCUT2D eigenvalue weighted by atomic mass is 10.2. The Morgan fingerprint density at radius 1 is 0.944 bits per heavy atom. The molecule has 0 saturated heterocycles. The molecule has 0 amide bonds. The van der Waals surface area contributed by atoms with Gasteiger partial charge >= 0.3 is 0 Å². The topological polar surface area (TPSA) is 30.2 Å². The molecular formula is C12H12N3P3. The summed E-state index contributed by atoms with van der Waals surface area (Å²) >= 11 is 0. The van der Waals surface area contributed by atoms with E-state index in [0.717, 1.165) is 33.2 Å². The summed E-state index contributed by atoms with van der Waals surface area (Å²) in [5.41, 5.74) is 4.00. The lowest BCUT2D eigenvalue weighted by Crippen LogP contribution is -2.31. The van der Waals surface area contributed by atoms with E-state index in [1.54, 1.807) is 0 Å². The van der Waals surface area contributed by atoms with Crippen LogP contribution in [0.5, 0.6) is 0 Å². The molecule has 1 aromatic carbocycles. The Labute approximate surface area is 112 Å². The van der Waals surface area contributed by atoms with E-state index in [4.69, 9.17) is 0 Å². The highest BCUT2D eigenvalue weighted by Gasteiger charge is 2.10. The van der Waals surface area contributed by atoms with Crippen LogP contribution < -0.4 is 16.2 Å². The Hall–Kier alpha value is -0.870. The quantitative estimate of drug-likeness (QED) is 0.624. The molecular weight excluding hydrogens is 279 g/mol. The molecule has 3 unspecified atom stereocenters. The van der Waals surface area contributed by atoms with E-state index < -0.39 is 0 Å². The fourth-order valence-corrected chi connectivity index (χ4v) is 2.78. The summed E-state index contributed by atoms with van der Waals surface area (Å²) in [6.07, 6.45) is 2.01. The first-order valence-corrected chi connectivity index (χ1v) is 7.15. The summed E-state index contributed by atoms with van der Waals surface area (Å²) in [6, 6.07) is 10.1. The van der Waals surface area contributed by atoms with E-state index in [1.807, 2.05) is 40.9 Å². The molecule has 18 heavy (non-hydrogen) atoms. The lowest BCUT2D eigenvalue weighted by molar-refractivity contribution is 1.18. The fourth-order valence-electron chi connectivity index (χ4n) is 1.80. The van der Waals surface area contributed by atoms with Crippen LogP contribution in [0.25, 0.3) is 17.0 Å². The maximum absolute atomic E-state index is 4.56. The predicted molar refractivity (Wildman–Crippen MR) is 86.5 cm³/mol. The molecule has 0 bridgehead atoms. The minimum Gasteiger partial charge on any atom is -0.283 e. The summed E-state index contributed by atoms with van der Waals surface area (Å²) in [7, 11) is 8.07. The molecule has 3 nitrogen and oxygen atoms in total. The Kier molecular flexibility index (Phi) is 3.16. The number of fused-ring (bicyclic) bond motifs is 1. The van der Waals surface area contributed by atoms with E-state index >= 15 is 0 Å². The molecule has 0 aliphatic carbocycles. The van der Waals surface area contributed by atoms with E-state index in [-0.39, 0.29) is 0 Å². The molecule has 0 radical (unpaired) electrons. The van der Waals surface area contributed by atoms with Gasteiger partial charge in [0.15, 0.2) is 0 Å². The summed E-state index contributed by atoms with van der Waals surface area (Å²) in [4.78, 5) is 9.02. The first kappa shape index (κ1) is 12.2. The van der Waals surface area contributed by atoms with Gasteiger partial charge in [-0.2, -0.15) is 0 Å². The minimum absolute atomic E-state index is 0.718. The Morgan fingerprint density at radius 2 is 1.67 bits per heavy atom. The largest absolute Gasteiger partial charge is 0.283 e. The molecule has 0 N–H and O–H groups in total. The molecule has 2 heterocycles. The van der Waals surface area contributed by atoms with Crippen molar-refractivity contribution in [3.63, 3.8) is 0 Å². The zero-order valence-electron chi connectivity index (χ0n) is 9.54. The molecule has 0 aliphatic rings. The Balaban J connectivity index is 2.27. The Morgan fingerprint density at radius 3 is 2.39 bits per heavy atom. The zero-order chi connectivity index (χ0) is 12.7. The van der Waals surface area contributed by atoms with Crippen molar-refractivity contribution in [3.05, 3.63) is 36.5 Å². The maximum Gasteiger partial charge on any atom is 0.235 e. The van der Waals surface area contributed by atoms with Crippen molar-refractivity contribution in [3.8, 4) is 11.3 Å². The number of hydrogen-bond donors (Lipinski definition) is 0. The zero-order valence-corrected chi connectivity index (χ0v) is 13.0. The number of rotatable bonds is 1. The fraction of sp³-hybridized carbons (Fsp3) is 0. The third-order valence-corrected chi connectivity index (χ3v) is 5.08. The third-order valence-electron chi connectivity index (χ3n) is 2.79. The molecule has 3 atom stereocenters. The number of hydrogen-bond acceptors (Lipinski definition) is 2.